The summed E-state index contributed by atoms with van der Waals surface area (Å²) in [5.41, 5.74) is 0.134. The molecule has 0 heterocycles. The fourth-order valence-corrected chi connectivity index (χ4v) is 7.61. The molecule has 7 atom stereocenters. The molecule has 0 aromatic heterocycles. The molecule has 3 saturated carbocycles. The number of halogens is 1. The minimum atomic E-state index is -0.453. The van der Waals surface area contributed by atoms with Gasteiger partial charge in [0.2, 0.25) is 0 Å². The number of hydrogen-bond acceptors (Lipinski definition) is 2. The molecule has 26 heavy (non-hydrogen) atoms. The molecule has 150 valence electrons. The molecule has 0 saturated heterocycles. The quantitative estimate of drug-likeness (QED) is 0.535. The van der Waals surface area contributed by atoms with Gasteiger partial charge in [0.05, 0.1) is 10.9 Å². The predicted molar refractivity (Wildman–Crippen MR) is 111 cm³/mol. The lowest BCUT2D eigenvalue weighted by Crippen LogP contribution is -2.55. The van der Waals surface area contributed by atoms with Crippen molar-refractivity contribution >= 4 is 21.7 Å². The summed E-state index contributed by atoms with van der Waals surface area (Å²) in [7, 11) is 0. The van der Waals surface area contributed by atoms with Crippen molar-refractivity contribution in [1.82, 2.24) is 0 Å². The normalized spacial score (nSPS) is 48.5. The van der Waals surface area contributed by atoms with Crippen LogP contribution in [0.25, 0.3) is 0 Å². The molecule has 3 aliphatic carbocycles. The maximum Gasteiger partial charge on any atom is 0.143 e. The van der Waals surface area contributed by atoms with Gasteiger partial charge in [-0.2, -0.15) is 0 Å². The maximum absolute atomic E-state index is 12.3. The Morgan fingerprint density at radius 1 is 1.12 bits per heavy atom. The van der Waals surface area contributed by atoms with Gasteiger partial charge in [-0.1, -0.05) is 43.1 Å². The number of carbonyl (C=O) groups excluding carboxylic acids is 1. The highest BCUT2D eigenvalue weighted by Gasteiger charge is 2.57. The number of fused-ring (bicyclic) bond motifs is 3. The van der Waals surface area contributed by atoms with E-state index in [1.165, 1.54) is 44.9 Å². The molecule has 0 spiro atoms. The average molecular weight is 427 g/mol. The van der Waals surface area contributed by atoms with Crippen LogP contribution in [0.5, 0.6) is 0 Å². The molecule has 0 bridgehead atoms. The first-order valence-corrected chi connectivity index (χ1v) is 12.1. The van der Waals surface area contributed by atoms with Gasteiger partial charge in [-0.05, 0) is 92.8 Å². The molecule has 3 rings (SSSR count). The summed E-state index contributed by atoms with van der Waals surface area (Å²) in [4.78, 5) is 12.3. The van der Waals surface area contributed by atoms with E-state index in [9.17, 15) is 9.90 Å². The summed E-state index contributed by atoms with van der Waals surface area (Å²) in [6.45, 7) is 9.30. The molecular weight excluding hydrogens is 388 g/mol. The fourth-order valence-electron chi connectivity index (χ4n) is 7.42. The molecular formula is C23H39BrO2. The predicted octanol–water partition coefficient (Wildman–Crippen LogP) is 6.14. The number of ketones is 1. The van der Waals surface area contributed by atoms with Gasteiger partial charge in [-0.15, -0.1) is 0 Å². The van der Waals surface area contributed by atoms with Crippen LogP contribution in [-0.2, 0) is 4.79 Å². The molecule has 0 aliphatic heterocycles. The van der Waals surface area contributed by atoms with E-state index >= 15 is 0 Å². The van der Waals surface area contributed by atoms with Crippen molar-refractivity contribution in [3.8, 4) is 0 Å². The largest absolute Gasteiger partial charge is 0.390 e. The second kappa shape index (κ2) is 7.50. The van der Waals surface area contributed by atoms with Crippen molar-refractivity contribution in [2.24, 2.45) is 34.5 Å². The number of aliphatic hydroxyl groups is 1. The van der Waals surface area contributed by atoms with Gasteiger partial charge in [-0.3, -0.25) is 4.79 Å². The lowest BCUT2D eigenvalue weighted by molar-refractivity contribution is -0.152. The fraction of sp³-hybridized carbons (Fsp3) is 0.957. The summed E-state index contributed by atoms with van der Waals surface area (Å²) in [6, 6.07) is 0. The zero-order chi connectivity index (χ0) is 19.2. The summed E-state index contributed by atoms with van der Waals surface area (Å²) in [5, 5.41) is 11.1. The summed E-state index contributed by atoms with van der Waals surface area (Å²) < 4.78 is 0. The highest BCUT2D eigenvalue weighted by atomic mass is 79.9. The molecule has 3 fully saturated rings. The highest BCUT2D eigenvalue weighted by Crippen LogP contribution is 2.65. The SMILES string of the molecule is CCC[C@H]1[C@@H]2CC[C@@H]3C[C@](C)(O)CC[C@]3(C)[C@H]2CC[C@]1(C)CC(=O)CBr. The van der Waals surface area contributed by atoms with Crippen LogP contribution in [0.1, 0.15) is 91.9 Å². The van der Waals surface area contributed by atoms with Crippen LogP contribution in [-0.4, -0.2) is 21.8 Å². The van der Waals surface area contributed by atoms with Gasteiger partial charge in [0.15, 0.2) is 0 Å². The van der Waals surface area contributed by atoms with E-state index in [0.29, 0.717) is 28.4 Å². The lowest BCUT2D eigenvalue weighted by atomic mass is 9.43. The van der Waals surface area contributed by atoms with E-state index in [-0.39, 0.29) is 5.41 Å². The minimum Gasteiger partial charge on any atom is -0.390 e. The van der Waals surface area contributed by atoms with Crippen molar-refractivity contribution in [2.45, 2.75) is 97.5 Å². The number of alkyl halides is 1. The molecule has 0 radical (unpaired) electrons. The van der Waals surface area contributed by atoms with Crippen LogP contribution >= 0.6 is 15.9 Å². The third kappa shape index (κ3) is 3.69. The topological polar surface area (TPSA) is 37.3 Å². The Hall–Kier alpha value is 0.110. The van der Waals surface area contributed by atoms with E-state index in [1.807, 2.05) is 6.92 Å². The lowest BCUT2D eigenvalue weighted by Gasteiger charge is -2.62. The van der Waals surface area contributed by atoms with Gasteiger partial charge in [0, 0.05) is 6.42 Å². The molecule has 1 N–H and O–H groups in total. The van der Waals surface area contributed by atoms with E-state index in [4.69, 9.17) is 0 Å². The zero-order valence-corrected chi connectivity index (χ0v) is 18.9. The monoisotopic (exact) mass is 426 g/mol. The highest BCUT2D eigenvalue weighted by molar-refractivity contribution is 9.09. The first-order valence-electron chi connectivity index (χ1n) is 11.0. The van der Waals surface area contributed by atoms with Crippen LogP contribution in [0.2, 0.25) is 0 Å². The van der Waals surface area contributed by atoms with Crippen molar-refractivity contribution in [3.63, 3.8) is 0 Å². The van der Waals surface area contributed by atoms with Gasteiger partial charge in [-0.25, -0.2) is 0 Å². The molecule has 0 aromatic rings. The third-order valence-corrected chi connectivity index (χ3v) is 9.45. The Morgan fingerprint density at radius 3 is 2.50 bits per heavy atom. The number of carbonyl (C=O) groups is 1. The summed E-state index contributed by atoms with van der Waals surface area (Å²) in [6.07, 6.45) is 11.4. The van der Waals surface area contributed by atoms with E-state index in [1.54, 1.807) is 0 Å². The van der Waals surface area contributed by atoms with Crippen molar-refractivity contribution in [3.05, 3.63) is 0 Å². The minimum absolute atomic E-state index is 0.186. The Morgan fingerprint density at radius 2 is 1.85 bits per heavy atom. The van der Waals surface area contributed by atoms with Gasteiger partial charge < -0.3 is 5.11 Å². The first kappa shape index (κ1) is 20.8. The molecule has 0 aromatic carbocycles. The third-order valence-electron chi connectivity index (χ3n) is 8.82. The van der Waals surface area contributed by atoms with Gasteiger partial charge in [0.25, 0.3) is 0 Å². The van der Waals surface area contributed by atoms with Crippen LogP contribution in [0, 0.1) is 34.5 Å². The number of Topliss-reactive ketones (excluding diaryl/α,β-unsaturated/α-hetero) is 1. The van der Waals surface area contributed by atoms with E-state index in [0.717, 1.165) is 31.1 Å². The number of rotatable bonds is 5. The van der Waals surface area contributed by atoms with Crippen molar-refractivity contribution in [2.75, 3.05) is 5.33 Å². The van der Waals surface area contributed by atoms with Crippen LogP contribution < -0.4 is 0 Å². The Kier molecular flexibility index (Phi) is 6.01. The summed E-state index contributed by atoms with van der Waals surface area (Å²) in [5.74, 6) is 3.32. The smallest absolute Gasteiger partial charge is 0.143 e. The van der Waals surface area contributed by atoms with Crippen LogP contribution in [0.3, 0.4) is 0 Å². The zero-order valence-electron chi connectivity index (χ0n) is 17.3. The van der Waals surface area contributed by atoms with Gasteiger partial charge in [0.1, 0.15) is 5.78 Å². The molecule has 3 heteroatoms. The Bertz CT molecular complexity index is 530. The maximum atomic E-state index is 12.3. The van der Waals surface area contributed by atoms with E-state index < -0.39 is 5.60 Å². The van der Waals surface area contributed by atoms with Crippen LogP contribution in [0.15, 0.2) is 0 Å². The van der Waals surface area contributed by atoms with Crippen molar-refractivity contribution in [1.29, 1.82) is 0 Å². The van der Waals surface area contributed by atoms with E-state index in [2.05, 4.69) is 36.7 Å². The first-order chi connectivity index (χ1) is 12.1. The average Bonchev–Trinajstić information content (AvgIpc) is 2.57. The Labute approximate surface area is 169 Å². The standard InChI is InChI=1S/C23H39BrO2/c1-5-6-19-18-8-7-16-13-22(3,26)11-12-23(16,4)20(18)9-10-21(19,2)14-17(25)15-24/h16,18-20,26H,5-15H2,1-4H3/t16-,18+,19+,20+,21-,22-,23+/m1/s1. The molecule has 3 aliphatic rings. The summed E-state index contributed by atoms with van der Waals surface area (Å²) >= 11 is 3.39. The molecule has 0 unspecified atom stereocenters. The second-order valence-corrected chi connectivity index (χ2v) is 11.2. The Balaban J connectivity index is 1.85. The van der Waals surface area contributed by atoms with Gasteiger partial charge >= 0.3 is 0 Å². The van der Waals surface area contributed by atoms with Crippen molar-refractivity contribution < 1.29 is 9.90 Å². The second-order valence-electron chi connectivity index (χ2n) is 10.7. The van der Waals surface area contributed by atoms with Crippen LogP contribution in [0.4, 0.5) is 0 Å². The number of hydrogen-bond donors (Lipinski definition) is 1. The molecule has 0 amide bonds. The molecule has 2 nitrogen and oxygen atoms in total.